The minimum Gasteiger partial charge on any atom is -0.373 e. The van der Waals surface area contributed by atoms with Crippen molar-refractivity contribution in [2.45, 2.75) is 38.8 Å². The van der Waals surface area contributed by atoms with Crippen LogP contribution < -0.4 is 5.32 Å². The second-order valence-electron chi connectivity index (χ2n) is 5.46. The smallest absolute Gasteiger partial charge is 0.0866 e. The highest BCUT2D eigenvalue weighted by molar-refractivity contribution is 6.34. The SMILES string of the molecule is CC(C)NCC1CCCOC1c1cc(Cl)cc(Cl)c1. The Morgan fingerprint density at radius 3 is 2.58 bits per heavy atom. The molecule has 1 aliphatic heterocycles. The summed E-state index contributed by atoms with van der Waals surface area (Å²) >= 11 is 12.2. The van der Waals surface area contributed by atoms with Gasteiger partial charge in [0.2, 0.25) is 0 Å². The Labute approximate surface area is 125 Å². The van der Waals surface area contributed by atoms with E-state index in [0.717, 1.165) is 25.1 Å². The van der Waals surface area contributed by atoms with E-state index in [1.807, 2.05) is 12.1 Å². The normalized spacial score (nSPS) is 23.8. The third kappa shape index (κ3) is 4.35. The topological polar surface area (TPSA) is 21.3 Å². The number of hydrogen-bond donors (Lipinski definition) is 1. The Morgan fingerprint density at radius 1 is 1.26 bits per heavy atom. The van der Waals surface area contributed by atoms with Gasteiger partial charge in [-0.25, -0.2) is 0 Å². The fraction of sp³-hybridized carbons (Fsp3) is 0.600. The van der Waals surface area contributed by atoms with E-state index >= 15 is 0 Å². The van der Waals surface area contributed by atoms with E-state index in [9.17, 15) is 0 Å². The molecule has 1 aromatic carbocycles. The van der Waals surface area contributed by atoms with E-state index < -0.39 is 0 Å². The van der Waals surface area contributed by atoms with Crippen LogP contribution in [0.1, 0.15) is 38.4 Å². The maximum absolute atomic E-state index is 6.09. The highest BCUT2D eigenvalue weighted by Crippen LogP contribution is 2.35. The quantitative estimate of drug-likeness (QED) is 0.886. The van der Waals surface area contributed by atoms with Gasteiger partial charge in [-0.2, -0.15) is 0 Å². The predicted molar refractivity (Wildman–Crippen MR) is 81.0 cm³/mol. The van der Waals surface area contributed by atoms with Crippen LogP contribution in [0.15, 0.2) is 18.2 Å². The lowest BCUT2D eigenvalue weighted by Crippen LogP contribution is -2.35. The van der Waals surface area contributed by atoms with Crippen LogP contribution in [0.4, 0.5) is 0 Å². The molecule has 2 rings (SSSR count). The highest BCUT2D eigenvalue weighted by atomic mass is 35.5. The van der Waals surface area contributed by atoms with Gasteiger partial charge in [0.25, 0.3) is 0 Å². The van der Waals surface area contributed by atoms with Crippen LogP contribution in [-0.2, 0) is 4.74 Å². The molecule has 1 heterocycles. The first kappa shape index (κ1) is 15.1. The number of benzene rings is 1. The third-order valence-electron chi connectivity index (χ3n) is 3.45. The minimum absolute atomic E-state index is 0.0937. The van der Waals surface area contributed by atoms with Gasteiger partial charge < -0.3 is 10.1 Å². The number of ether oxygens (including phenoxy) is 1. The van der Waals surface area contributed by atoms with E-state index in [2.05, 4.69) is 19.2 Å². The van der Waals surface area contributed by atoms with Gasteiger partial charge in [-0.15, -0.1) is 0 Å². The Kier molecular flexibility index (Phi) is 5.52. The van der Waals surface area contributed by atoms with Gasteiger partial charge in [0.05, 0.1) is 6.10 Å². The molecule has 0 saturated carbocycles. The molecular formula is C15H21Cl2NO. The molecule has 0 amide bonds. The molecule has 1 N–H and O–H groups in total. The van der Waals surface area contributed by atoms with Crippen LogP contribution in [0.3, 0.4) is 0 Å². The maximum Gasteiger partial charge on any atom is 0.0866 e. The molecule has 0 bridgehead atoms. The molecule has 1 aliphatic rings. The summed E-state index contributed by atoms with van der Waals surface area (Å²) in [5.41, 5.74) is 1.09. The summed E-state index contributed by atoms with van der Waals surface area (Å²) in [7, 11) is 0. The highest BCUT2D eigenvalue weighted by Gasteiger charge is 2.27. The van der Waals surface area contributed by atoms with E-state index in [-0.39, 0.29) is 6.10 Å². The second kappa shape index (κ2) is 6.94. The number of rotatable bonds is 4. The van der Waals surface area contributed by atoms with Crippen LogP contribution >= 0.6 is 23.2 Å². The molecule has 1 fully saturated rings. The molecule has 0 aliphatic carbocycles. The molecule has 2 atom stereocenters. The first-order valence-electron chi connectivity index (χ1n) is 6.87. The van der Waals surface area contributed by atoms with Gasteiger partial charge in [-0.05, 0) is 36.6 Å². The van der Waals surface area contributed by atoms with Gasteiger partial charge >= 0.3 is 0 Å². The lowest BCUT2D eigenvalue weighted by atomic mass is 9.89. The predicted octanol–water partition coefficient (Wildman–Crippen LogP) is 4.46. The zero-order valence-corrected chi connectivity index (χ0v) is 13.0. The summed E-state index contributed by atoms with van der Waals surface area (Å²) in [4.78, 5) is 0. The van der Waals surface area contributed by atoms with Crippen molar-refractivity contribution in [3.05, 3.63) is 33.8 Å². The lowest BCUT2D eigenvalue weighted by Gasteiger charge is -2.33. The van der Waals surface area contributed by atoms with Crippen LogP contribution in [0.2, 0.25) is 10.0 Å². The number of halogens is 2. The van der Waals surface area contributed by atoms with Crippen LogP contribution in [-0.4, -0.2) is 19.2 Å². The third-order valence-corrected chi connectivity index (χ3v) is 3.88. The molecule has 19 heavy (non-hydrogen) atoms. The molecule has 1 saturated heterocycles. The number of nitrogens with one attached hydrogen (secondary N) is 1. The van der Waals surface area contributed by atoms with Crippen molar-refractivity contribution in [2.75, 3.05) is 13.2 Å². The fourth-order valence-corrected chi connectivity index (χ4v) is 3.09. The summed E-state index contributed by atoms with van der Waals surface area (Å²) in [6, 6.07) is 6.18. The second-order valence-corrected chi connectivity index (χ2v) is 6.33. The largest absolute Gasteiger partial charge is 0.373 e. The zero-order valence-electron chi connectivity index (χ0n) is 11.5. The molecule has 2 unspecified atom stereocenters. The van der Waals surface area contributed by atoms with Gasteiger partial charge in [0.15, 0.2) is 0 Å². The van der Waals surface area contributed by atoms with Gasteiger partial charge in [0.1, 0.15) is 0 Å². The molecule has 1 aromatic rings. The molecule has 106 valence electrons. The Hall–Kier alpha value is -0.280. The standard InChI is InChI=1S/C15H21Cl2NO/c1-10(2)18-9-11-4-3-5-19-15(11)12-6-13(16)8-14(17)7-12/h6-8,10-11,15,18H,3-5,9H2,1-2H3. The van der Waals surface area contributed by atoms with Crippen molar-refractivity contribution < 1.29 is 4.74 Å². The summed E-state index contributed by atoms with van der Waals surface area (Å²) in [5.74, 6) is 0.477. The monoisotopic (exact) mass is 301 g/mol. The average Bonchev–Trinajstić information content (AvgIpc) is 2.35. The van der Waals surface area contributed by atoms with E-state index in [1.54, 1.807) is 6.07 Å². The maximum atomic E-state index is 6.09. The summed E-state index contributed by atoms with van der Waals surface area (Å²) in [6.07, 6.45) is 2.39. The molecular weight excluding hydrogens is 281 g/mol. The van der Waals surface area contributed by atoms with Crippen molar-refractivity contribution in [2.24, 2.45) is 5.92 Å². The van der Waals surface area contributed by atoms with Crippen LogP contribution in [0, 0.1) is 5.92 Å². The van der Waals surface area contributed by atoms with Gasteiger partial charge in [-0.3, -0.25) is 0 Å². The van der Waals surface area contributed by atoms with Crippen molar-refractivity contribution >= 4 is 23.2 Å². The van der Waals surface area contributed by atoms with Crippen molar-refractivity contribution in [3.63, 3.8) is 0 Å². The first-order valence-corrected chi connectivity index (χ1v) is 7.63. The lowest BCUT2D eigenvalue weighted by molar-refractivity contribution is -0.0282. The van der Waals surface area contributed by atoms with Crippen molar-refractivity contribution in [1.29, 1.82) is 0 Å². The minimum atomic E-state index is 0.0937. The van der Waals surface area contributed by atoms with Gasteiger partial charge in [-0.1, -0.05) is 37.0 Å². The van der Waals surface area contributed by atoms with Crippen LogP contribution in [0.5, 0.6) is 0 Å². The Morgan fingerprint density at radius 2 is 1.95 bits per heavy atom. The fourth-order valence-electron chi connectivity index (χ4n) is 2.55. The van der Waals surface area contributed by atoms with E-state index in [0.29, 0.717) is 22.0 Å². The van der Waals surface area contributed by atoms with Gasteiger partial charge in [0, 0.05) is 35.2 Å². The molecule has 0 aromatic heterocycles. The zero-order chi connectivity index (χ0) is 13.8. The van der Waals surface area contributed by atoms with E-state index in [1.165, 1.54) is 6.42 Å². The van der Waals surface area contributed by atoms with Crippen LogP contribution in [0.25, 0.3) is 0 Å². The summed E-state index contributed by atoms with van der Waals surface area (Å²) < 4.78 is 5.96. The number of hydrogen-bond acceptors (Lipinski definition) is 2. The Balaban J connectivity index is 2.13. The summed E-state index contributed by atoms with van der Waals surface area (Å²) in [6.45, 7) is 6.10. The molecule has 0 radical (unpaired) electrons. The first-order chi connectivity index (χ1) is 9.06. The Bertz CT molecular complexity index is 402. The molecule has 4 heteroatoms. The van der Waals surface area contributed by atoms with E-state index in [4.69, 9.17) is 27.9 Å². The average molecular weight is 302 g/mol. The molecule has 0 spiro atoms. The summed E-state index contributed by atoms with van der Waals surface area (Å²) in [5, 5.41) is 4.84. The molecule has 2 nitrogen and oxygen atoms in total. The van der Waals surface area contributed by atoms with Crippen molar-refractivity contribution in [1.82, 2.24) is 5.32 Å². The van der Waals surface area contributed by atoms with Crippen molar-refractivity contribution in [3.8, 4) is 0 Å².